The van der Waals surface area contributed by atoms with Crippen molar-refractivity contribution in [2.45, 2.75) is 0 Å². The number of ether oxygens (including phenoxy) is 1. The number of anilines is 1. The lowest BCUT2D eigenvalue weighted by molar-refractivity contribution is 0.0603. The number of nitrogen functional groups attached to an aromatic ring is 1. The zero-order valence-electron chi connectivity index (χ0n) is 11.7. The summed E-state index contributed by atoms with van der Waals surface area (Å²) >= 11 is 12.1. The molecule has 0 atom stereocenters. The van der Waals surface area contributed by atoms with Gasteiger partial charge in [0.25, 0.3) is 0 Å². The van der Waals surface area contributed by atoms with E-state index in [0.29, 0.717) is 5.02 Å². The van der Waals surface area contributed by atoms with Crippen LogP contribution in [-0.4, -0.2) is 33.2 Å². The third-order valence-corrected chi connectivity index (χ3v) is 3.82. The SMILES string of the molecule is COC(=O)c1cc(N)c(Cl)c2nn(-c3cc(Cl)ccc3O)nc12. The van der Waals surface area contributed by atoms with Crippen molar-refractivity contribution in [1.29, 1.82) is 0 Å². The number of phenolic OH excluding ortho intramolecular Hbond substituents is 1. The molecule has 7 nitrogen and oxygen atoms in total. The maximum atomic E-state index is 11.9. The molecule has 0 aliphatic heterocycles. The van der Waals surface area contributed by atoms with Gasteiger partial charge in [-0.15, -0.1) is 15.0 Å². The lowest BCUT2D eigenvalue weighted by Crippen LogP contribution is -2.04. The number of aromatic hydroxyl groups is 1. The highest BCUT2D eigenvalue weighted by atomic mass is 35.5. The van der Waals surface area contributed by atoms with Crippen molar-refractivity contribution in [3.63, 3.8) is 0 Å². The Morgan fingerprint density at radius 3 is 2.65 bits per heavy atom. The first-order chi connectivity index (χ1) is 10.9. The molecule has 3 N–H and O–H groups in total. The van der Waals surface area contributed by atoms with Gasteiger partial charge in [-0.25, -0.2) is 4.79 Å². The first-order valence-electron chi connectivity index (χ1n) is 6.34. The number of aromatic nitrogens is 3. The molecule has 1 aromatic heterocycles. The Balaban J connectivity index is 2.32. The number of fused-ring (bicyclic) bond motifs is 1. The van der Waals surface area contributed by atoms with E-state index in [1.807, 2.05) is 0 Å². The van der Waals surface area contributed by atoms with Gasteiger partial charge in [0.15, 0.2) is 0 Å². The van der Waals surface area contributed by atoms with Crippen LogP contribution >= 0.6 is 23.2 Å². The van der Waals surface area contributed by atoms with E-state index in [1.54, 1.807) is 0 Å². The quantitative estimate of drug-likeness (QED) is 0.542. The van der Waals surface area contributed by atoms with Gasteiger partial charge < -0.3 is 15.6 Å². The molecule has 0 radical (unpaired) electrons. The number of nitrogens with two attached hydrogens (primary N) is 1. The maximum Gasteiger partial charge on any atom is 0.340 e. The van der Waals surface area contributed by atoms with Crippen LogP contribution in [0.3, 0.4) is 0 Å². The second kappa shape index (κ2) is 5.60. The van der Waals surface area contributed by atoms with Crippen molar-refractivity contribution >= 4 is 45.9 Å². The number of halogens is 2. The van der Waals surface area contributed by atoms with Gasteiger partial charge in [0.1, 0.15) is 22.5 Å². The van der Waals surface area contributed by atoms with Crippen LogP contribution in [0.2, 0.25) is 10.0 Å². The summed E-state index contributed by atoms with van der Waals surface area (Å²) in [5, 5.41) is 18.9. The Hall–Kier alpha value is -2.51. The summed E-state index contributed by atoms with van der Waals surface area (Å²) < 4.78 is 4.71. The number of rotatable bonds is 2. The lowest BCUT2D eigenvalue weighted by Gasteiger charge is -2.03. The molecular formula is C14H10Cl2N4O3. The number of methoxy groups -OCH3 is 1. The molecule has 0 bridgehead atoms. The second-order valence-corrected chi connectivity index (χ2v) is 5.45. The lowest BCUT2D eigenvalue weighted by atomic mass is 10.1. The molecule has 0 aliphatic carbocycles. The minimum atomic E-state index is -0.624. The van der Waals surface area contributed by atoms with Crippen LogP contribution in [0, 0.1) is 0 Å². The molecule has 3 aromatic rings. The van der Waals surface area contributed by atoms with Crippen LogP contribution < -0.4 is 5.73 Å². The first-order valence-corrected chi connectivity index (χ1v) is 7.10. The minimum absolute atomic E-state index is 0.0848. The maximum absolute atomic E-state index is 11.9. The van der Waals surface area contributed by atoms with Crippen molar-refractivity contribution in [1.82, 2.24) is 15.0 Å². The average Bonchev–Trinajstić information content (AvgIpc) is 2.97. The molecule has 0 amide bonds. The summed E-state index contributed by atoms with van der Waals surface area (Å²) in [4.78, 5) is 13.0. The number of phenols is 1. The zero-order valence-corrected chi connectivity index (χ0v) is 13.3. The van der Waals surface area contributed by atoms with E-state index in [2.05, 4.69) is 10.2 Å². The Morgan fingerprint density at radius 1 is 1.26 bits per heavy atom. The summed E-state index contributed by atoms with van der Waals surface area (Å²) in [7, 11) is 1.24. The molecule has 0 aliphatic rings. The van der Waals surface area contributed by atoms with E-state index in [0.717, 1.165) is 4.80 Å². The number of nitrogens with zero attached hydrogens (tertiary/aromatic N) is 3. The first kappa shape index (κ1) is 15.4. The Morgan fingerprint density at radius 2 is 1.96 bits per heavy atom. The highest BCUT2D eigenvalue weighted by molar-refractivity contribution is 6.38. The fraction of sp³-hybridized carbons (Fsp3) is 0.0714. The molecule has 2 aromatic carbocycles. The van der Waals surface area contributed by atoms with E-state index in [4.69, 9.17) is 33.7 Å². The Labute approximate surface area is 140 Å². The molecule has 0 saturated carbocycles. The molecule has 3 rings (SSSR count). The van der Waals surface area contributed by atoms with Crippen LogP contribution in [0.1, 0.15) is 10.4 Å². The predicted molar refractivity (Wildman–Crippen MR) is 86.3 cm³/mol. The monoisotopic (exact) mass is 352 g/mol. The van der Waals surface area contributed by atoms with Crippen molar-refractivity contribution in [3.05, 3.63) is 39.9 Å². The predicted octanol–water partition coefficient (Wildman–Crippen LogP) is 2.80. The fourth-order valence-corrected chi connectivity index (χ4v) is 2.44. The Kier molecular flexibility index (Phi) is 3.75. The Bertz CT molecular complexity index is 939. The number of esters is 1. The third-order valence-electron chi connectivity index (χ3n) is 3.19. The van der Waals surface area contributed by atoms with Gasteiger partial charge in [0, 0.05) is 5.02 Å². The smallest absolute Gasteiger partial charge is 0.340 e. The van der Waals surface area contributed by atoms with Gasteiger partial charge in [-0.1, -0.05) is 23.2 Å². The van der Waals surface area contributed by atoms with Crippen molar-refractivity contribution in [2.75, 3.05) is 12.8 Å². The summed E-state index contributed by atoms with van der Waals surface area (Å²) in [5.41, 5.74) is 6.74. The van der Waals surface area contributed by atoms with E-state index in [-0.39, 0.29) is 38.7 Å². The molecule has 118 valence electrons. The molecule has 0 saturated heterocycles. The third kappa shape index (κ3) is 2.54. The van der Waals surface area contributed by atoms with Crippen LogP contribution in [-0.2, 0) is 4.74 Å². The van der Waals surface area contributed by atoms with Gasteiger partial charge >= 0.3 is 5.97 Å². The summed E-state index contributed by atoms with van der Waals surface area (Å²) in [6, 6.07) is 5.77. The highest BCUT2D eigenvalue weighted by Gasteiger charge is 2.21. The number of carbonyl (C=O) groups excluding carboxylic acids is 1. The van der Waals surface area contributed by atoms with E-state index < -0.39 is 5.97 Å². The molecule has 0 fully saturated rings. The number of hydrogen-bond acceptors (Lipinski definition) is 6. The summed E-state index contributed by atoms with van der Waals surface area (Å²) in [5.74, 6) is -0.709. The molecular weight excluding hydrogens is 343 g/mol. The van der Waals surface area contributed by atoms with Gasteiger partial charge in [-0.05, 0) is 24.3 Å². The van der Waals surface area contributed by atoms with Crippen LogP contribution in [0.25, 0.3) is 16.7 Å². The topological polar surface area (TPSA) is 103 Å². The van der Waals surface area contributed by atoms with Crippen LogP contribution in [0.4, 0.5) is 5.69 Å². The van der Waals surface area contributed by atoms with Crippen LogP contribution in [0.15, 0.2) is 24.3 Å². The molecule has 9 heteroatoms. The molecule has 0 unspecified atom stereocenters. The molecule has 1 heterocycles. The van der Waals surface area contributed by atoms with E-state index >= 15 is 0 Å². The van der Waals surface area contributed by atoms with Gasteiger partial charge in [0.05, 0.1) is 23.4 Å². The standard InChI is InChI=1S/C14H10Cl2N4O3/c1-23-14(22)7-5-8(17)11(16)13-12(7)18-20(19-13)9-4-6(15)2-3-10(9)21/h2-5,21H,17H2,1H3. The molecule has 23 heavy (non-hydrogen) atoms. The molecule has 0 spiro atoms. The van der Waals surface area contributed by atoms with E-state index in [1.165, 1.54) is 31.4 Å². The second-order valence-electron chi connectivity index (χ2n) is 4.64. The van der Waals surface area contributed by atoms with Gasteiger partial charge in [-0.3, -0.25) is 0 Å². The zero-order chi connectivity index (χ0) is 16.7. The van der Waals surface area contributed by atoms with E-state index in [9.17, 15) is 9.90 Å². The minimum Gasteiger partial charge on any atom is -0.506 e. The van der Waals surface area contributed by atoms with Gasteiger partial charge in [0.2, 0.25) is 0 Å². The van der Waals surface area contributed by atoms with Crippen molar-refractivity contribution in [3.8, 4) is 11.4 Å². The average molecular weight is 353 g/mol. The highest BCUT2D eigenvalue weighted by Crippen LogP contribution is 2.32. The van der Waals surface area contributed by atoms with Crippen LogP contribution in [0.5, 0.6) is 5.75 Å². The normalized spacial score (nSPS) is 10.9. The number of hydrogen-bond donors (Lipinski definition) is 2. The number of benzene rings is 2. The summed E-state index contributed by atoms with van der Waals surface area (Å²) in [6.07, 6.45) is 0. The summed E-state index contributed by atoms with van der Waals surface area (Å²) in [6.45, 7) is 0. The van der Waals surface area contributed by atoms with Crippen molar-refractivity contribution in [2.24, 2.45) is 0 Å². The van der Waals surface area contributed by atoms with Crippen molar-refractivity contribution < 1.29 is 14.6 Å². The number of carbonyl (C=O) groups is 1. The fourth-order valence-electron chi connectivity index (χ4n) is 2.09. The van der Waals surface area contributed by atoms with Gasteiger partial charge in [-0.2, -0.15) is 0 Å². The largest absolute Gasteiger partial charge is 0.506 e.